The third kappa shape index (κ3) is 1.48. The van der Waals surface area contributed by atoms with Crippen LogP contribution in [0.25, 0.3) is 11.3 Å². The summed E-state index contributed by atoms with van der Waals surface area (Å²) in [4.78, 5) is 2.93. The second-order valence-corrected chi connectivity index (χ2v) is 3.43. The highest BCUT2D eigenvalue weighted by Crippen LogP contribution is 2.18. The smallest absolute Gasteiger partial charge is 0.177 e. The Morgan fingerprint density at radius 1 is 1.29 bits per heavy atom. The summed E-state index contributed by atoms with van der Waals surface area (Å²) in [6.45, 7) is 0. The first-order valence-corrected chi connectivity index (χ1v) is 4.59. The number of hydrogen-bond acceptors (Lipinski definition) is 1. The minimum Gasteiger partial charge on any atom is -0.337 e. The molecule has 0 bridgehead atoms. The van der Waals surface area contributed by atoms with Gasteiger partial charge in [0.05, 0.1) is 5.69 Å². The molecule has 2 nitrogen and oxygen atoms in total. The van der Waals surface area contributed by atoms with Gasteiger partial charge < -0.3 is 9.55 Å². The highest BCUT2D eigenvalue weighted by molar-refractivity contribution is 7.71. The van der Waals surface area contributed by atoms with Crippen LogP contribution in [0.4, 0.5) is 4.39 Å². The lowest BCUT2D eigenvalue weighted by molar-refractivity contribution is 0.628. The minimum absolute atomic E-state index is 0.231. The molecule has 0 aliphatic carbocycles. The van der Waals surface area contributed by atoms with Crippen LogP contribution >= 0.6 is 12.2 Å². The fourth-order valence-corrected chi connectivity index (χ4v) is 1.49. The largest absolute Gasteiger partial charge is 0.337 e. The number of halogens is 1. The molecule has 0 fully saturated rings. The zero-order chi connectivity index (χ0) is 10.1. The number of hydrogen-bond donors (Lipinski definition) is 1. The number of benzene rings is 1. The van der Waals surface area contributed by atoms with Gasteiger partial charge in [0.2, 0.25) is 0 Å². The van der Waals surface area contributed by atoms with Gasteiger partial charge >= 0.3 is 0 Å². The summed E-state index contributed by atoms with van der Waals surface area (Å²) < 4.78 is 15.2. The number of aromatic nitrogens is 2. The Hall–Kier alpha value is -1.42. The fraction of sp³-hybridized carbons (Fsp3) is 0.100. The van der Waals surface area contributed by atoms with E-state index in [9.17, 15) is 4.39 Å². The molecule has 1 heterocycles. The van der Waals surface area contributed by atoms with E-state index in [1.807, 2.05) is 17.8 Å². The molecule has 4 heteroatoms. The quantitative estimate of drug-likeness (QED) is 0.715. The second kappa shape index (κ2) is 3.38. The molecule has 0 aliphatic heterocycles. The van der Waals surface area contributed by atoms with Gasteiger partial charge in [-0.05, 0) is 42.0 Å². The Balaban J connectivity index is 2.55. The predicted octanol–water partition coefficient (Wildman–Crippen LogP) is 2.89. The van der Waals surface area contributed by atoms with E-state index in [4.69, 9.17) is 12.2 Å². The maximum Gasteiger partial charge on any atom is 0.177 e. The van der Waals surface area contributed by atoms with Crippen LogP contribution in [0, 0.1) is 10.6 Å². The van der Waals surface area contributed by atoms with Crippen molar-refractivity contribution in [1.82, 2.24) is 9.55 Å². The number of nitrogens with one attached hydrogen (secondary N) is 1. The first-order valence-electron chi connectivity index (χ1n) is 4.19. The standard InChI is InChI=1S/C10H9FN2S/c1-13-9(6-12-10(13)14)7-2-4-8(11)5-3-7/h2-6H,1H3,(H,12,14). The fourth-order valence-electron chi connectivity index (χ4n) is 1.33. The van der Waals surface area contributed by atoms with Gasteiger partial charge in [-0.25, -0.2) is 4.39 Å². The highest BCUT2D eigenvalue weighted by Gasteiger charge is 2.02. The maximum absolute atomic E-state index is 12.7. The molecule has 0 amide bonds. The van der Waals surface area contributed by atoms with Gasteiger partial charge in [0.1, 0.15) is 5.82 Å². The average molecular weight is 208 g/mol. The first-order chi connectivity index (χ1) is 6.68. The topological polar surface area (TPSA) is 20.7 Å². The van der Waals surface area contributed by atoms with Crippen molar-refractivity contribution in [3.05, 3.63) is 41.1 Å². The van der Waals surface area contributed by atoms with Crippen LogP contribution in [-0.4, -0.2) is 9.55 Å². The van der Waals surface area contributed by atoms with Crippen molar-refractivity contribution in [2.24, 2.45) is 7.05 Å². The van der Waals surface area contributed by atoms with E-state index in [2.05, 4.69) is 4.98 Å². The summed E-state index contributed by atoms with van der Waals surface area (Å²) in [5.41, 5.74) is 1.90. The summed E-state index contributed by atoms with van der Waals surface area (Å²) in [5, 5.41) is 0. The summed E-state index contributed by atoms with van der Waals surface area (Å²) >= 11 is 5.03. The third-order valence-electron chi connectivity index (χ3n) is 2.14. The van der Waals surface area contributed by atoms with Gasteiger partial charge in [-0.3, -0.25) is 0 Å². The van der Waals surface area contributed by atoms with E-state index in [1.54, 1.807) is 12.1 Å². The Kier molecular flexibility index (Phi) is 2.21. The summed E-state index contributed by atoms with van der Waals surface area (Å²) in [6.07, 6.45) is 1.82. The molecule has 1 aromatic carbocycles. The van der Waals surface area contributed by atoms with Gasteiger partial charge in [-0.2, -0.15) is 0 Å². The van der Waals surface area contributed by atoms with Crippen molar-refractivity contribution in [3.63, 3.8) is 0 Å². The SMILES string of the molecule is Cn1c(-c2ccc(F)cc2)c[nH]c1=S. The minimum atomic E-state index is -0.231. The Labute approximate surface area is 86.0 Å². The molecule has 0 atom stereocenters. The van der Waals surface area contributed by atoms with Gasteiger partial charge in [0, 0.05) is 13.2 Å². The summed E-state index contributed by atoms with van der Waals surface area (Å²) in [5.74, 6) is -0.231. The van der Waals surface area contributed by atoms with E-state index in [0.717, 1.165) is 11.3 Å². The molecule has 0 unspecified atom stereocenters. The molecular formula is C10H9FN2S. The van der Waals surface area contributed by atoms with Gasteiger partial charge in [-0.1, -0.05) is 0 Å². The van der Waals surface area contributed by atoms with Crippen molar-refractivity contribution in [2.45, 2.75) is 0 Å². The molecule has 0 radical (unpaired) electrons. The van der Waals surface area contributed by atoms with Crippen LogP contribution in [0.3, 0.4) is 0 Å². The van der Waals surface area contributed by atoms with E-state index in [1.165, 1.54) is 12.1 Å². The molecule has 0 saturated heterocycles. The number of imidazole rings is 1. The molecule has 2 rings (SSSR count). The van der Waals surface area contributed by atoms with Crippen molar-refractivity contribution >= 4 is 12.2 Å². The molecule has 0 saturated carbocycles. The van der Waals surface area contributed by atoms with Crippen LogP contribution in [-0.2, 0) is 7.05 Å². The molecule has 2 aromatic rings. The van der Waals surface area contributed by atoms with Crippen molar-refractivity contribution in [3.8, 4) is 11.3 Å². The zero-order valence-corrected chi connectivity index (χ0v) is 8.44. The van der Waals surface area contributed by atoms with Crippen LogP contribution in [0.5, 0.6) is 0 Å². The molecule has 0 spiro atoms. The average Bonchev–Trinajstić information content (AvgIpc) is 2.50. The molecular weight excluding hydrogens is 199 g/mol. The van der Waals surface area contributed by atoms with Gasteiger partial charge in [0.25, 0.3) is 0 Å². The second-order valence-electron chi connectivity index (χ2n) is 3.04. The van der Waals surface area contributed by atoms with Crippen LogP contribution in [0.1, 0.15) is 0 Å². The van der Waals surface area contributed by atoms with E-state index >= 15 is 0 Å². The first kappa shape index (κ1) is 9.15. The lowest BCUT2D eigenvalue weighted by atomic mass is 10.2. The lowest BCUT2D eigenvalue weighted by Gasteiger charge is -2.01. The number of rotatable bonds is 1. The number of aromatic amines is 1. The maximum atomic E-state index is 12.7. The van der Waals surface area contributed by atoms with Crippen molar-refractivity contribution in [2.75, 3.05) is 0 Å². The highest BCUT2D eigenvalue weighted by atomic mass is 32.1. The van der Waals surface area contributed by atoms with Crippen LogP contribution in [0.15, 0.2) is 30.5 Å². The summed E-state index contributed by atoms with van der Waals surface area (Å²) in [6, 6.07) is 6.33. The Morgan fingerprint density at radius 3 is 2.43 bits per heavy atom. The van der Waals surface area contributed by atoms with Crippen molar-refractivity contribution < 1.29 is 4.39 Å². The Bertz CT molecular complexity index is 496. The van der Waals surface area contributed by atoms with Crippen molar-refractivity contribution in [1.29, 1.82) is 0 Å². The Morgan fingerprint density at radius 2 is 1.93 bits per heavy atom. The van der Waals surface area contributed by atoms with E-state index < -0.39 is 0 Å². The van der Waals surface area contributed by atoms with Gasteiger partial charge in [-0.15, -0.1) is 0 Å². The molecule has 0 aliphatic rings. The zero-order valence-electron chi connectivity index (χ0n) is 7.62. The third-order valence-corrected chi connectivity index (χ3v) is 2.53. The monoisotopic (exact) mass is 208 g/mol. The van der Waals surface area contributed by atoms with Crippen LogP contribution < -0.4 is 0 Å². The van der Waals surface area contributed by atoms with E-state index in [0.29, 0.717) is 4.77 Å². The summed E-state index contributed by atoms with van der Waals surface area (Å²) in [7, 11) is 1.87. The molecule has 14 heavy (non-hydrogen) atoms. The normalized spacial score (nSPS) is 10.4. The van der Waals surface area contributed by atoms with E-state index in [-0.39, 0.29) is 5.82 Å². The number of nitrogens with zero attached hydrogens (tertiary/aromatic N) is 1. The lowest BCUT2D eigenvalue weighted by Crippen LogP contribution is -1.90. The molecule has 72 valence electrons. The predicted molar refractivity (Wildman–Crippen MR) is 56.0 cm³/mol. The van der Waals surface area contributed by atoms with Crippen LogP contribution in [0.2, 0.25) is 0 Å². The van der Waals surface area contributed by atoms with Gasteiger partial charge in [0.15, 0.2) is 4.77 Å². The molecule has 1 N–H and O–H groups in total. The number of H-pyrrole nitrogens is 1. The molecule has 1 aromatic heterocycles.